The largest absolute Gasteiger partial charge is 0.416 e. The van der Waals surface area contributed by atoms with Crippen LogP contribution in [0.5, 0.6) is 0 Å². The van der Waals surface area contributed by atoms with Crippen LogP contribution in [0.3, 0.4) is 0 Å². The highest BCUT2D eigenvalue weighted by Gasteiger charge is 2.21. The molecule has 62 heavy (non-hydrogen) atoms. The molecule has 0 aliphatic heterocycles. The molecule has 10 aromatic carbocycles. The van der Waals surface area contributed by atoms with Crippen molar-refractivity contribution in [3.8, 4) is 10.6 Å². The summed E-state index contributed by atoms with van der Waals surface area (Å²) in [5.74, 6) is 0. The van der Waals surface area contributed by atoms with Gasteiger partial charge in [-0.1, -0.05) is 146 Å². The van der Waals surface area contributed by atoms with Crippen molar-refractivity contribution in [2.45, 2.75) is 25.7 Å². The van der Waals surface area contributed by atoms with Crippen LogP contribution in [0.4, 0.5) is 0 Å². The average Bonchev–Trinajstić information content (AvgIpc) is 3.61. The number of fused-ring (bicyclic) bond motifs is 14. The van der Waals surface area contributed by atoms with E-state index in [-0.39, 0.29) is 0 Å². The predicted octanol–water partition coefficient (Wildman–Crippen LogP) is 17.4. The quantitative estimate of drug-likeness (QED) is 0.174. The summed E-state index contributed by atoms with van der Waals surface area (Å²) < 4.78 is 28.5. The summed E-state index contributed by atoms with van der Waals surface area (Å²) >= 11 is 0. The van der Waals surface area contributed by atoms with E-state index >= 15 is 0 Å². The number of aryl methyl sites for hydroxylation is 4. The Hall–Kier alpha value is -6.96. The molecule has 0 radical (unpaired) electrons. The van der Waals surface area contributed by atoms with Gasteiger partial charge in [-0.2, -0.15) is 0 Å². The zero-order chi connectivity index (χ0) is 40.7. The number of hydrogen-bond acceptors (Lipinski definition) is 4. The van der Waals surface area contributed by atoms with Gasteiger partial charge in [-0.3, -0.25) is 0 Å². The molecular weight excluding hydrogens is 799 g/mol. The summed E-state index contributed by atoms with van der Waals surface area (Å²) in [7, 11) is -3.04. The predicted molar refractivity (Wildman–Crippen MR) is 260 cm³/mol. The molecule has 16 rings (SSSR count). The fourth-order valence-corrected chi connectivity index (χ4v) is 13.0. The third-order valence-corrected chi connectivity index (χ3v) is 15.9. The van der Waals surface area contributed by atoms with Gasteiger partial charge in [0.1, 0.15) is 22.3 Å². The molecule has 0 unspecified atom stereocenters. The molecule has 4 aliphatic carbocycles. The zero-order valence-electron chi connectivity index (χ0n) is 33.7. The van der Waals surface area contributed by atoms with Crippen molar-refractivity contribution in [2.24, 2.45) is 0 Å². The first-order valence-corrected chi connectivity index (χ1v) is 23.7. The van der Waals surface area contributed by atoms with Crippen LogP contribution in [0.1, 0.15) is 22.3 Å². The SMILES string of the molecule is c1ccc2c(c1)ccc1op(-c3cc4ccc3CCc3ccc(c(-p5oc6ccc7ccccc7c6c6c(ccc7ccccc76)o5)c3)CC4)oc3ccc4ccccc4c3c12. The molecular formula is C56H38O4P2. The van der Waals surface area contributed by atoms with Crippen LogP contribution in [-0.2, 0) is 25.7 Å². The Labute approximate surface area is 358 Å². The maximum absolute atomic E-state index is 7.13. The van der Waals surface area contributed by atoms with Gasteiger partial charge < -0.3 is 16.8 Å². The van der Waals surface area contributed by atoms with Gasteiger partial charge in [0.05, 0.1) is 10.6 Å². The molecule has 12 aromatic rings. The second kappa shape index (κ2) is 14.3. The first kappa shape index (κ1) is 35.8. The Morgan fingerprint density at radius 2 is 0.597 bits per heavy atom. The Morgan fingerprint density at radius 1 is 0.290 bits per heavy atom. The Balaban J connectivity index is 0.978. The molecule has 0 saturated carbocycles. The van der Waals surface area contributed by atoms with Crippen molar-refractivity contribution >= 4 is 103 Å². The third-order valence-electron chi connectivity index (χ3n) is 12.8. The normalized spacial score (nSPS) is 12.9. The molecule has 4 nitrogen and oxygen atoms in total. The molecule has 4 aliphatic rings. The molecule has 4 bridgehead atoms. The number of benzene rings is 10. The lowest BCUT2D eigenvalue weighted by Crippen LogP contribution is -2.00. The minimum Gasteiger partial charge on any atom is -0.416 e. The van der Waals surface area contributed by atoms with Gasteiger partial charge in [0.2, 0.25) is 0 Å². The summed E-state index contributed by atoms with van der Waals surface area (Å²) in [6.07, 6.45) is 3.35. The van der Waals surface area contributed by atoms with Gasteiger partial charge in [-0.15, -0.1) is 0 Å². The van der Waals surface area contributed by atoms with E-state index in [9.17, 15) is 0 Å². The first-order chi connectivity index (χ1) is 30.7. The van der Waals surface area contributed by atoms with Gasteiger partial charge >= 0.3 is 0 Å². The van der Waals surface area contributed by atoms with Crippen LogP contribution in [0.2, 0.25) is 0 Å². The zero-order valence-corrected chi connectivity index (χ0v) is 35.5. The molecule has 0 N–H and O–H groups in total. The van der Waals surface area contributed by atoms with Crippen LogP contribution in [0, 0.1) is 0 Å². The lowest BCUT2D eigenvalue weighted by atomic mass is 9.96. The first-order valence-electron chi connectivity index (χ1n) is 21.3. The number of hydrogen-bond donors (Lipinski definition) is 0. The van der Waals surface area contributed by atoms with Crippen molar-refractivity contribution in [2.75, 3.05) is 0 Å². The van der Waals surface area contributed by atoms with Gasteiger partial charge in [0, 0.05) is 21.5 Å². The summed E-state index contributed by atoms with van der Waals surface area (Å²) in [4.78, 5) is 0. The molecule has 0 atom stereocenters. The smallest absolute Gasteiger partial charge is 0.253 e. The Kier molecular flexibility index (Phi) is 8.26. The monoisotopic (exact) mass is 836 g/mol. The van der Waals surface area contributed by atoms with E-state index in [1.54, 1.807) is 0 Å². The van der Waals surface area contributed by atoms with E-state index in [4.69, 9.17) is 16.8 Å². The van der Waals surface area contributed by atoms with E-state index in [1.165, 1.54) is 43.8 Å². The van der Waals surface area contributed by atoms with Crippen LogP contribution in [-0.4, -0.2) is 0 Å². The highest BCUT2D eigenvalue weighted by atomic mass is 31.1. The molecule has 0 spiro atoms. The standard InChI is InChI=1S/C56H38O4P2/c1-5-13-43-37(9-1)25-29-47-53(43)54-44-14-6-2-10-38(44)26-30-48(54)58-61(57-47)51-33-35-17-21-41(51)23-19-36-18-22-42(24-20-35)52(34-36)62-59-49-31-27-39-11-3-7-15-45(39)55(49)56-46-16-8-4-12-40(46)28-32-50(56)60-62/h1-18,21-22,25-34H,19-20,23-24H2. The van der Waals surface area contributed by atoms with Gasteiger partial charge in [0.15, 0.2) is 0 Å². The maximum atomic E-state index is 7.13. The molecule has 2 heterocycles. The lowest BCUT2D eigenvalue weighted by molar-refractivity contribution is 0.650. The van der Waals surface area contributed by atoms with Gasteiger partial charge in [0.25, 0.3) is 16.0 Å². The van der Waals surface area contributed by atoms with Crippen molar-refractivity contribution in [1.29, 1.82) is 0 Å². The maximum Gasteiger partial charge on any atom is 0.253 e. The van der Waals surface area contributed by atoms with E-state index in [0.29, 0.717) is 0 Å². The van der Waals surface area contributed by atoms with E-state index in [1.807, 2.05) is 0 Å². The van der Waals surface area contributed by atoms with Crippen molar-refractivity contribution < 1.29 is 16.8 Å². The minimum absolute atomic E-state index is 0.832. The molecule has 0 saturated heterocycles. The number of rotatable bonds is 2. The molecule has 0 amide bonds. The van der Waals surface area contributed by atoms with E-state index in [2.05, 4.69) is 182 Å². The molecule has 0 fully saturated rings. The summed E-state index contributed by atoms with van der Waals surface area (Å²) in [5.41, 5.74) is 8.42. The van der Waals surface area contributed by atoms with Crippen LogP contribution < -0.4 is 0 Å². The van der Waals surface area contributed by atoms with Crippen LogP contribution >= 0.6 is 16.0 Å². The molecule has 296 valence electrons. The van der Waals surface area contributed by atoms with Gasteiger partial charge in [-0.05, 0) is 127 Å². The summed E-state index contributed by atoms with van der Waals surface area (Å²) in [6, 6.07) is 65.5. The highest BCUT2D eigenvalue weighted by Crippen LogP contribution is 2.50. The second-order valence-electron chi connectivity index (χ2n) is 16.4. The average molecular weight is 837 g/mol. The van der Waals surface area contributed by atoms with Crippen LogP contribution in [0.15, 0.2) is 199 Å². The second-order valence-corrected chi connectivity index (χ2v) is 19.2. The summed E-state index contributed by atoms with van der Waals surface area (Å²) in [5, 5.41) is 16.0. The van der Waals surface area contributed by atoms with Crippen molar-refractivity contribution in [3.63, 3.8) is 0 Å². The minimum atomic E-state index is -1.52. The van der Waals surface area contributed by atoms with Crippen LogP contribution in [0.25, 0.3) is 97.6 Å². The summed E-state index contributed by atoms with van der Waals surface area (Å²) in [6.45, 7) is 0. The van der Waals surface area contributed by atoms with E-state index < -0.39 is 16.0 Å². The fourth-order valence-electron chi connectivity index (χ4n) is 9.78. The topological polar surface area (TPSA) is 52.6 Å². The molecule has 6 heteroatoms. The van der Waals surface area contributed by atoms with Crippen molar-refractivity contribution in [3.05, 3.63) is 204 Å². The van der Waals surface area contributed by atoms with E-state index in [0.717, 1.165) is 102 Å². The fraction of sp³-hybridized carbons (Fsp3) is 0.0714. The highest BCUT2D eigenvalue weighted by molar-refractivity contribution is 7.46. The lowest BCUT2D eigenvalue weighted by Gasteiger charge is -2.15. The molecule has 2 aromatic heterocycles. The Bertz CT molecular complexity index is 3450. The van der Waals surface area contributed by atoms with Gasteiger partial charge in [-0.25, -0.2) is 0 Å². The third kappa shape index (κ3) is 5.82. The van der Waals surface area contributed by atoms with Crippen molar-refractivity contribution in [1.82, 2.24) is 0 Å². The Morgan fingerprint density at radius 3 is 0.919 bits per heavy atom.